The van der Waals surface area contributed by atoms with E-state index in [-0.39, 0.29) is 12.0 Å². The predicted octanol–water partition coefficient (Wildman–Crippen LogP) is 1.80. The molecule has 0 aromatic heterocycles. The molecular weight excluding hydrogens is 296 g/mol. The zero-order valence-corrected chi connectivity index (χ0v) is 12.8. The summed E-state index contributed by atoms with van der Waals surface area (Å²) in [6, 6.07) is 3.21. The van der Waals surface area contributed by atoms with Gasteiger partial charge in [0, 0.05) is 12.6 Å². The van der Waals surface area contributed by atoms with Gasteiger partial charge in [-0.25, -0.2) is 0 Å². The van der Waals surface area contributed by atoms with Gasteiger partial charge in [0.25, 0.3) is 5.91 Å². The first-order valence-electron chi connectivity index (χ1n) is 6.67. The van der Waals surface area contributed by atoms with Crippen molar-refractivity contribution in [2.24, 2.45) is 5.73 Å². The number of amides is 1. The van der Waals surface area contributed by atoms with Crippen molar-refractivity contribution >= 4 is 23.2 Å². The number of nitrogens with two attached hydrogens (primary N) is 1. The van der Waals surface area contributed by atoms with Crippen LogP contribution in [0.3, 0.4) is 0 Å². The van der Waals surface area contributed by atoms with E-state index in [2.05, 4.69) is 5.32 Å². The highest BCUT2D eigenvalue weighted by Crippen LogP contribution is 2.36. The van der Waals surface area contributed by atoms with Crippen molar-refractivity contribution in [2.45, 2.75) is 25.0 Å². The highest BCUT2D eigenvalue weighted by molar-refractivity contribution is 6.32. The number of nitrogens with one attached hydrogen (secondary N) is 1. The van der Waals surface area contributed by atoms with Gasteiger partial charge in [0.2, 0.25) is 0 Å². The van der Waals surface area contributed by atoms with Gasteiger partial charge in [0.1, 0.15) is 17.6 Å². The monoisotopic (exact) mass is 314 g/mol. The normalized spacial score (nSPS) is 21.1. The summed E-state index contributed by atoms with van der Waals surface area (Å²) in [6.07, 6.45) is 0.890. The van der Waals surface area contributed by atoms with Crippen molar-refractivity contribution in [3.8, 4) is 11.5 Å². The Labute approximate surface area is 128 Å². The van der Waals surface area contributed by atoms with Crippen LogP contribution in [0.5, 0.6) is 11.5 Å². The number of anilines is 1. The number of ether oxygens (including phenoxy) is 3. The number of carbonyl (C=O) groups excluding carboxylic acids is 1. The quantitative estimate of drug-likeness (QED) is 0.866. The van der Waals surface area contributed by atoms with Crippen LogP contribution < -0.4 is 20.5 Å². The molecule has 6 nitrogen and oxygen atoms in total. The van der Waals surface area contributed by atoms with Gasteiger partial charge in [-0.3, -0.25) is 4.79 Å². The molecule has 3 N–H and O–H groups in total. The number of carbonyl (C=O) groups is 1. The first-order valence-corrected chi connectivity index (χ1v) is 7.04. The second-order valence-electron chi connectivity index (χ2n) is 4.74. The van der Waals surface area contributed by atoms with E-state index in [9.17, 15) is 4.79 Å². The zero-order chi connectivity index (χ0) is 15.4. The minimum Gasteiger partial charge on any atom is -0.495 e. The maximum Gasteiger partial charge on any atom is 0.253 e. The topological polar surface area (TPSA) is 82.8 Å². The minimum absolute atomic E-state index is 0.0536. The maximum atomic E-state index is 12.2. The van der Waals surface area contributed by atoms with E-state index < -0.39 is 6.10 Å². The molecule has 0 bridgehead atoms. The average Bonchev–Trinajstić information content (AvgIpc) is 2.96. The van der Waals surface area contributed by atoms with Gasteiger partial charge in [-0.2, -0.15) is 0 Å². The van der Waals surface area contributed by atoms with Gasteiger partial charge >= 0.3 is 0 Å². The Morgan fingerprint density at radius 3 is 2.67 bits per heavy atom. The molecule has 0 unspecified atom stereocenters. The molecule has 2 atom stereocenters. The lowest BCUT2D eigenvalue weighted by atomic mass is 10.2. The Morgan fingerprint density at radius 1 is 1.38 bits per heavy atom. The summed E-state index contributed by atoms with van der Waals surface area (Å²) in [6.45, 7) is 0.418. The van der Waals surface area contributed by atoms with E-state index >= 15 is 0 Å². The van der Waals surface area contributed by atoms with Crippen LogP contribution in [-0.4, -0.2) is 38.9 Å². The van der Waals surface area contributed by atoms with Crippen LogP contribution in [0.15, 0.2) is 12.1 Å². The molecule has 1 aromatic carbocycles. The van der Waals surface area contributed by atoms with Crippen LogP contribution in [0.25, 0.3) is 0 Å². The van der Waals surface area contributed by atoms with Gasteiger partial charge in [0.05, 0.1) is 31.0 Å². The molecule has 7 heteroatoms. The third-order valence-corrected chi connectivity index (χ3v) is 3.69. The number of halogens is 1. The number of rotatable bonds is 5. The summed E-state index contributed by atoms with van der Waals surface area (Å²) in [5, 5.41) is 3.16. The lowest BCUT2D eigenvalue weighted by Crippen LogP contribution is -2.29. The second-order valence-corrected chi connectivity index (χ2v) is 5.14. The molecule has 2 rings (SSSR count). The third-order valence-electron chi connectivity index (χ3n) is 3.39. The van der Waals surface area contributed by atoms with Crippen molar-refractivity contribution in [1.82, 2.24) is 0 Å². The summed E-state index contributed by atoms with van der Waals surface area (Å²) in [7, 11) is 3.02. The van der Waals surface area contributed by atoms with Gasteiger partial charge in [-0.1, -0.05) is 11.6 Å². The number of benzene rings is 1. The fraction of sp³-hybridized carbons (Fsp3) is 0.500. The fourth-order valence-electron chi connectivity index (χ4n) is 2.24. The molecular formula is C14H19ClN2O4. The van der Waals surface area contributed by atoms with Crippen molar-refractivity contribution in [3.05, 3.63) is 17.2 Å². The van der Waals surface area contributed by atoms with Crippen molar-refractivity contribution in [1.29, 1.82) is 0 Å². The first-order chi connectivity index (χ1) is 10.1. The number of hydrogen-bond acceptors (Lipinski definition) is 5. The maximum absolute atomic E-state index is 12.2. The highest BCUT2D eigenvalue weighted by Gasteiger charge is 2.30. The molecule has 0 aliphatic carbocycles. The minimum atomic E-state index is -0.496. The first kappa shape index (κ1) is 15.9. The summed E-state index contributed by atoms with van der Waals surface area (Å²) < 4.78 is 15.9. The van der Waals surface area contributed by atoms with Gasteiger partial charge in [0.15, 0.2) is 0 Å². The fourth-order valence-corrected chi connectivity index (χ4v) is 2.48. The van der Waals surface area contributed by atoms with Crippen molar-refractivity contribution in [3.63, 3.8) is 0 Å². The second kappa shape index (κ2) is 6.98. The van der Waals surface area contributed by atoms with E-state index in [1.165, 1.54) is 14.2 Å². The van der Waals surface area contributed by atoms with Gasteiger partial charge in [-0.15, -0.1) is 0 Å². The smallest absolute Gasteiger partial charge is 0.253 e. The van der Waals surface area contributed by atoms with E-state index in [4.69, 9.17) is 31.5 Å². The molecule has 1 aromatic rings. The van der Waals surface area contributed by atoms with Gasteiger partial charge in [-0.05, 0) is 18.9 Å². The lowest BCUT2D eigenvalue weighted by Gasteiger charge is -2.16. The van der Waals surface area contributed by atoms with E-state index in [1.54, 1.807) is 12.1 Å². The summed E-state index contributed by atoms with van der Waals surface area (Å²) in [4.78, 5) is 12.2. The predicted molar refractivity (Wildman–Crippen MR) is 80.1 cm³/mol. The highest BCUT2D eigenvalue weighted by atomic mass is 35.5. The molecule has 1 aliphatic rings. The van der Waals surface area contributed by atoms with E-state index in [0.29, 0.717) is 35.2 Å². The molecule has 1 saturated heterocycles. The summed E-state index contributed by atoms with van der Waals surface area (Å²) in [5.74, 6) is 0.718. The molecule has 0 radical (unpaired) electrons. The largest absolute Gasteiger partial charge is 0.495 e. The molecule has 0 saturated carbocycles. The molecule has 1 heterocycles. The van der Waals surface area contributed by atoms with Crippen LogP contribution >= 0.6 is 11.6 Å². The van der Waals surface area contributed by atoms with Gasteiger partial charge < -0.3 is 25.3 Å². The summed E-state index contributed by atoms with van der Waals surface area (Å²) >= 11 is 6.07. The Kier molecular flexibility index (Phi) is 5.27. The average molecular weight is 315 g/mol. The molecule has 0 spiro atoms. The Bertz CT molecular complexity index is 524. The van der Waals surface area contributed by atoms with Crippen molar-refractivity contribution < 1.29 is 19.0 Å². The SMILES string of the molecule is COc1cc(OC)c(NC(=O)[C@@H]2CC[C@H](CN)O2)cc1Cl. The lowest BCUT2D eigenvalue weighted by molar-refractivity contribution is -0.126. The van der Waals surface area contributed by atoms with Crippen LogP contribution in [0, 0.1) is 0 Å². The number of hydrogen-bond donors (Lipinski definition) is 2. The van der Waals surface area contributed by atoms with Crippen LogP contribution in [0.1, 0.15) is 12.8 Å². The van der Waals surface area contributed by atoms with Crippen LogP contribution in [0.4, 0.5) is 5.69 Å². The Balaban J connectivity index is 2.12. The standard InChI is InChI=1S/C14H19ClN2O4/c1-19-12-6-13(20-2)10(5-9(12)15)17-14(18)11-4-3-8(7-16)21-11/h5-6,8,11H,3-4,7,16H2,1-2H3,(H,17,18)/t8-,11+/m1/s1. The Morgan fingerprint density at radius 2 is 2.10 bits per heavy atom. The van der Waals surface area contributed by atoms with E-state index in [1.807, 2.05) is 0 Å². The van der Waals surface area contributed by atoms with Crippen LogP contribution in [-0.2, 0) is 9.53 Å². The number of methoxy groups -OCH3 is 2. The summed E-state index contributed by atoms with van der Waals surface area (Å²) in [5.41, 5.74) is 6.02. The molecule has 1 fully saturated rings. The third kappa shape index (κ3) is 3.58. The van der Waals surface area contributed by atoms with Crippen molar-refractivity contribution in [2.75, 3.05) is 26.1 Å². The van der Waals surface area contributed by atoms with Crippen LogP contribution in [0.2, 0.25) is 5.02 Å². The molecule has 21 heavy (non-hydrogen) atoms. The van der Waals surface area contributed by atoms with E-state index in [0.717, 1.165) is 6.42 Å². The molecule has 116 valence electrons. The zero-order valence-electron chi connectivity index (χ0n) is 12.0. The Hall–Kier alpha value is -1.50. The molecule has 1 amide bonds. The molecule has 1 aliphatic heterocycles.